The molecule has 2 aliphatic rings. The number of aromatic nitrogens is 6. The zero-order valence-electron chi connectivity index (χ0n) is 23.3. The highest BCUT2D eigenvalue weighted by Crippen LogP contribution is 2.51. The monoisotopic (exact) mass is 593 g/mol. The number of hydrogen-bond donors (Lipinski definition) is 0. The summed E-state index contributed by atoms with van der Waals surface area (Å²) in [4.78, 5) is 22.4. The highest BCUT2D eigenvalue weighted by atomic mass is 32.2. The maximum Gasteiger partial charge on any atom is 0.246 e. The molecule has 0 saturated heterocycles. The number of Topliss-reactive ketones (excluding diaryl/α,β-unsaturated/α-hetero) is 1. The van der Waals surface area contributed by atoms with Gasteiger partial charge in [0.2, 0.25) is 16.0 Å². The van der Waals surface area contributed by atoms with Gasteiger partial charge in [-0.3, -0.25) is 14.5 Å². The van der Waals surface area contributed by atoms with Crippen molar-refractivity contribution in [2.24, 2.45) is 12.5 Å². The summed E-state index contributed by atoms with van der Waals surface area (Å²) >= 11 is 0. The predicted molar refractivity (Wildman–Crippen MR) is 149 cm³/mol. The maximum atomic E-state index is 14.4. The van der Waals surface area contributed by atoms with Gasteiger partial charge in [0, 0.05) is 37.6 Å². The van der Waals surface area contributed by atoms with Crippen molar-refractivity contribution in [2.75, 3.05) is 0 Å². The Kier molecular flexibility index (Phi) is 6.89. The zero-order valence-corrected chi connectivity index (χ0v) is 24.1. The summed E-state index contributed by atoms with van der Waals surface area (Å²) in [6.45, 7) is 3.61. The summed E-state index contributed by atoms with van der Waals surface area (Å²) in [6, 6.07) is 4.18. The first-order chi connectivity index (χ1) is 20.0. The minimum atomic E-state index is -3.95. The minimum Gasteiger partial charge on any atom is -0.291 e. The van der Waals surface area contributed by atoms with Crippen molar-refractivity contribution in [3.05, 3.63) is 89.5 Å². The van der Waals surface area contributed by atoms with Crippen LogP contribution in [0.5, 0.6) is 0 Å². The molecular weight excluding hydrogens is 564 g/mol. The number of fused-ring (bicyclic) bond motifs is 2. The molecule has 13 heteroatoms. The van der Waals surface area contributed by atoms with E-state index in [1.165, 1.54) is 45.9 Å². The lowest BCUT2D eigenvalue weighted by Gasteiger charge is -2.47. The molecule has 2 aliphatic carbocycles. The lowest BCUT2D eigenvalue weighted by atomic mass is 9.60. The molecule has 0 radical (unpaired) electrons. The number of hydrogen-bond acceptors (Lipinski definition) is 7. The van der Waals surface area contributed by atoms with E-state index >= 15 is 0 Å². The Labute approximate surface area is 241 Å². The highest BCUT2D eigenvalue weighted by molar-refractivity contribution is 7.89. The summed E-state index contributed by atoms with van der Waals surface area (Å²) < 4.78 is 60.1. The molecule has 218 valence electrons. The Morgan fingerprint density at radius 3 is 2.60 bits per heavy atom. The van der Waals surface area contributed by atoms with Crippen molar-refractivity contribution in [2.45, 2.75) is 56.5 Å². The average molecular weight is 594 g/mol. The second kappa shape index (κ2) is 10.3. The number of aryl methyl sites for hydroxylation is 1. The molecule has 4 aromatic rings. The van der Waals surface area contributed by atoms with Crippen molar-refractivity contribution in [1.29, 1.82) is 0 Å². The molecule has 2 atom stereocenters. The molecule has 6 rings (SSSR count). The van der Waals surface area contributed by atoms with Gasteiger partial charge in [0.15, 0.2) is 5.78 Å². The number of sulfonamides is 1. The van der Waals surface area contributed by atoms with Crippen LogP contribution in [0.2, 0.25) is 0 Å². The van der Waals surface area contributed by atoms with Crippen molar-refractivity contribution in [1.82, 2.24) is 33.8 Å². The van der Waals surface area contributed by atoms with Crippen LogP contribution < -0.4 is 0 Å². The van der Waals surface area contributed by atoms with E-state index in [0.29, 0.717) is 18.5 Å². The fraction of sp³-hybridized carbons (Fsp3) is 0.345. The molecule has 0 amide bonds. The summed E-state index contributed by atoms with van der Waals surface area (Å²) in [5, 5.41) is 8.56. The molecule has 1 saturated carbocycles. The normalized spacial score (nSPS) is 20.4. The Bertz CT molecular complexity index is 1810. The topological polar surface area (TPSA) is 116 Å². The fourth-order valence-electron chi connectivity index (χ4n) is 6.32. The van der Waals surface area contributed by atoms with Crippen LogP contribution in [0.3, 0.4) is 0 Å². The molecule has 0 aromatic carbocycles. The average Bonchev–Trinajstić information content (AvgIpc) is 3.57. The Hall–Kier alpha value is -4.10. The second-order valence-corrected chi connectivity index (χ2v) is 12.9. The van der Waals surface area contributed by atoms with Gasteiger partial charge in [-0.1, -0.05) is 5.57 Å². The van der Waals surface area contributed by atoms with Gasteiger partial charge >= 0.3 is 0 Å². The second-order valence-electron chi connectivity index (χ2n) is 11.1. The summed E-state index contributed by atoms with van der Waals surface area (Å²) in [7, 11) is -2.30. The Morgan fingerprint density at radius 2 is 1.93 bits per heavy atom. The van der Waals surface area contributed by atoms with Crippen LogP contribution in [-0.2, 0) is 23.5 Å². The van der Waals surface area contributed by atoms with Gasteiger partial charge in [0.1, 0.15) is 16.4 Å². The largest absolute Gasteiger partial charge is 0.291 e. The van der Waals surface area contributed by atoms with Gasteiger partial charge < -0.3 is 0 Å². The number of carbonyl (C=O) groups excluding carboxylic acids is 1. The molecule has 4 aromatic heterocycles. The maximum absolute atomic E-state index is 14.4. The van der Waals surface area contributed by atoms with Gasteiger partial charge in [-0.2, -0.15) is 18.9 Å². The SMILES string of the molecule is CC(C)N([C@H]1CCC2=Cc3c(cnn3-c3ccc(F)nc3)C[C@]2(C(=O)c2cc(F)ccn2)C1)S(=O)(=O)c1cnn(C)c1. The smallest absolute Gasteiger partial charge is 0.246 e. The standard InChI is InChI=1S/C29H29F2N7O3S/c1-18(2)38(42(40,41)24-16-34-36(3)17-24)22-5-4-20-10-26-19(14-35-37(26)23-6-7-27(31)33-15-23)12-29(20,13-22)28(39)25-11-21(30)8-9-32-25/h6-11,14-18,22H,4-5,12-13H2,1-3H3/t22-,29-/m0/s1. The summed E-state index contributed by atoms with van der Waals surface area (Å²) in [5.74, 6) is -1.57. The van der Waals surface area contributed by atoms with Gasteiger partial charge in [-0.25, -0.2) is 22.5 Å². The van der Waals surface area contributed by atoms with Crippen LogP contribution >= 0.6 is 0 Å². The predicted octanol–water partition coefficient (Wildman–Crippen LogP) is 4.13. The first kappa shape index (κ1) is 28.0. The third-order valence-electron chi connectivity index (χ3n) is 8.11. The number of allylic oxidation sites excluding steroid dienone is 1. The van der Waals surface area contributed by atoms with E-state index in [2.05, 4.69) is 20.2 Å². The third-order valence-corrected chi connectivity index (χ3v) is 10.2. The highest BCUT2D eigenvalue weighted by Gasteiger charge is 2.52. The molecule has 0 aliphatic heterocycles. The van der Waals surface area contributed by atoms with Crippen molar-refractivity contribution in [3.8, 4) is 5.69 Å². The number of rotatable bonds is 7. The third kappa shape index (κ3) is 4.66. The lowest BCUT2D eigenvalue weighted by molar-refractivity contribution is 0.0722. The Balaban J connectivity index is 1.46. The van der Waals surface area contributed by atoms with Crippen molar-refractivity contribution < 1.29 is 22.0 Å². The number of carbonyl (C=O) groups is 1. The van der Waals surface area contributed by atoms with Crippen LogP contribution in [0.15, 0.2) is 65.7 Å². The van der Waals surface area contributed by atoms with E-state index in [1.54, 1.807) is 24.0 Å². The van der Waals surface area contributed by atoms with Crippen LogP contribution in [-0.4, -0.2) is 60.1 Å². The fourth-order valence-corrected chi connectivity index (χ4v) is 8.16. The number of halogens is 2. The molecule has 42 heavy (non-hydrogen) atoms. The van der Waals surface area contributed by atoms with Crippen LogP contribution in [0.25, 0.3) is 11.8 Å². The first-order valence-corrected chi connectivity index (χ1v) is 15.0. The van der Waals surface area contributed by atoms with Crippen LogP contribution in [0, 0.1) is 17.2 Å². The molecule has 4 heterocycles. The van der Waals surface area contributed by atoms with Crippen molar-refractivity contribution in [3.63, 3.8) is 0 Å². The summed E-state index contributed by atoms with van der Waals surface area (Å²) in [5.41, 5.74) is 1.63. The number of nitrogens with zero attached hydrogens (tertiary/aromatic N) is 7. The van der Waals surface area contributed by atoms with E-state index in [0.717, 1.165) is 22.9 Å². The van der Waals surface area contributed by atoms with E-state index < -0.39 is 39.3 Å². The molecule has 0 bridgehead atoms. The van der Waals surface area contributed by atoms with E-state index in [4.69, 9.17) is 0 Å². The van der Waals surface area contributed by atoms with Gasteiger partial charge in [-0.05, 0) is 69.4 Å². The van der Waals surface area contributed by atoms with E-state index in [9.17, 15) is 22.0 Å². The van der Waals surface area contributed by atoms with Gasteiger partial charge in [0.05, 0.1) is 35.4 Å². The van der Waals surface area contributed by atoms with E-state index in [1.807, 2.05) is 19.9 Å². The Morgan fingerprint density at radius 1 is 1.12 bits per heavy atom. The first-order valence-electron chi connectivity index (χ1n) is 13.6. The van der Waals surface area contributed by atoms with Crippen LogP contribution in [0.4, 0.5) is 8.78 Å². The molecular formula is C29H29F2N7O3S. The molecule has 0 spiro atoms. The number of ketones is 1. The van der Waals surface area contributed by atoms with E-state index in [-0.39, 0.29) is 29.2 Å². The molecule has 0 unspecified atom stereocenters. The van der Waals surface area contributed by atoms with Crippen molar-refractivity contribution >= 4 is 21.9 Å². The van der Waals surface area contributed by atoms with Gasteiger partial charge in [-0.15, -0.1) is 0 Å². The quantitative estimate of drug-likeness (QED) is 0.234. The minimum absolute atomic E-state index is 0.0219. The zero-order chi connectivity index (χ0) is 29.8. The molecule has 10 nitrogen and oxygen atoms in total. The lowest BCUT2D eigenvalue weighted by Crippen LogP contribution is -2.52. The van der Waals surface area contributed by atoms with Crippen LogP contribution in [0.1, 0.15) is 54.9 Å². The summed E-state index contributed by atoms with van der Waals surface area (Å²) in [6.07, 6.45) is 10.2. The molecule has 1 fully saturated rings. The molecule has 0 N–H and O–H groups in total. The van der Waals surface area contributed by atoms with Gasteiger partial charge in [0.25, 0.3) is 0 Å². The number of pyridine rings is 2.